The number of aliphatic carboxylic acids is 1. The van der Waals surface area contributed by atoms with Crippen molar-refractivity contribution < 1.29 is 32.4 Å². The van der Waals surface area contributed by atoms with E-state index >= 15 is 0 Å². The molecule has 0 fully saturated rings. The van der Waals surface area contributed by atoms with Crippen LogP contribution in [-0.4, -0.2) is 27.9 Å². The molecular weight excluding hydrogens is 369 g/mol. The van der Waals surface area contributed by atoms with Crippen LogP contribution in [0.2, 0.25) is 0 Å². The van der Waals surface area contributed by atoms with E-state index in [0.717, 1.165) is 11.6 Å². The fourth-order valence-electron chi connectivity index (χ4n) is 2.55. The molecule has 26 heavy (non-hydrogen) atoms. The van der Waals surface area contributed by atoms with Crippen molar-refractivity contribution in [3.8, 4) is 5.75 Å². The number of hydrogen-bond acceptors (Lipinski definition) is 3. The van der Waals surface area contributed by atoms with E-state index in [2.05, 4.69) is 0 Å². The van der Waals surface area contributed by atoms with Crippen LogP contribution in [0.1, 0.15) is 11.1 Å². The van der Waals surface area contributed by atoms with Crippen molar-refractivity contribution in [3.05, 3.63) is 65.2 Å². The maximum absolute atomic E-state index is 13.0. The Morgan fingerprint density at radius 2 is 1.88 bits per heavy atom. The molecule has 3 rings (SSSR count). The highest BCUT2D eigenvalue weighted by Crippen LogP contribution is 2.38. The molecule has 0 saturated heterocycles. The van der Waals surface area contributed by atoms with Gasteiger partial charge >= 0.3 is 12.1 Å². The molecule has 8 heteroatoms. The van der Waals surface area contributed by atoms with Gasteiger partial charge in [0.2, 0.25) is 6.10 Å². The maximum atomic E-state index is 13.0. The Balaban J connectivity index is 1.91. The summed E-state index contributed by atoms with van der Waals surface area (Å²) >= 11 is -1.43. The first-order valence-electron chi connectivity index (χ1n) is 7.50. The van der Waals surface area contributed by atoms with Gasteiger partial charge in [0.15, 0.2) is 4.90 Å². The van der Waals surface area contributed by atoms with Crippen LogP contribution in [0, 0.1) is 0 Å². The predicted octanol–water partition coefficient (Wildman–Crippen LogP) is 3.79. The van der Waals surface area contributed by atoms with E-state index < -0.39 is 35.0 Å². The Hall–Kier alpha value is -2.45. The van der Waals surface area contributed by atoms with Gasteiger partial charge in [-0.2, -0.15) is 13.2 Å². The summed E-state index contributed by atoms with van der Waals surface area (Å²) in [4.78, 5) is 11.6. The molecule has 0 amide bonds. The quantitative estimate of drug-likeness (QED) is 0.817. The van der Waals surface area contributed by atoms with Gasteiger partial charge in [-0.05, 0) is 29.4 Å². The Kier molecular flexibility index (Phi) is 4.97. The first-order valence-corrected chi connectivity index (χ1v) is 8.82. The Morgan fingerprint density at radius 1 is 1.19 bits per heavy atom. The van der Waals surface area contributed by atoms with Crippen LogP contribution in [0.15, 0.2) is 59.0 Å². The molecule has 0 aromatic heterocycles. The van der Waals surface area contributed by atoms with Gasteiger partial charge in [0, 0.05) is 17.2 Å². The lowest BCUT2D eigenvalue weighted by atomic mass is 10.0. The minimum absolute atomic E-state index is 0.0993. The van der Waals surface area contributed by atoms with Crippen LogP contribution in [0.3, 0.4) is 0 Å². The molecular formula is C18H13F3O4S. The standard InChI is InChI=1S/C18H13F3O4S/c19-18(20,21)16-14(17(22)23)9-12-8-13(6-7-15(12)25-16)26(24)10-11-4-2-1-3-5-11/h1-9,16H,10H2,(H,22,23). The zero-order valence-electron chi connectivity index (χ0n) is 13.2. The van der Waals surface area contributed by atoms with Crippen LogP contribution in [0.4, 0.5) is 13.2 Å². The van der Waals surface area contributed by atoms with Gasteiger partial charge in [-0.3, -0.25) is 0 Å². The van der Waals surface area contributed by atoms with E-state index in [9.17, 15) is 22.5 Å². The highest BCUT2D eigenvalue weighted by atomic mass is 32.2. The highest BCUT2D eigenvalue weighted by molar-refractivity contribution is 7.90. The normalized spacial score (nSPS) is 17.7. The number of hydrogen-bond donors (Lipinski definition) is 1. The molecule has 1 aliphatic rings. The van der Waals surface area contributed by atoms with E-state index in [-0.39, 0.29) is 17.1 Å². The number of alkyl halides is 3. The lowest BCUT2D eigenvalue weighted by Crippen LogP contribution is -2.40. The third kappa shape index (κ3) is 3.86. The van der Waals surface area contributed by atoms with Crippen molar-refractivity contribution in [2.24, 2.45) is 0 Å². The van der Waals surface area contributed by atoms with E-state index in [4.69, 9.17) is 9.84 Å². The molecule has 0 saturated carbocycles. The van der Waals surface area contributed by atoms with Crippen LogP contribution < -0.4 is 4.74 Å². The fraction of sp³-hybridized carbons (Fsp3) is 0.167. The van der Waals surface area contributed by atoms with Gasteiger partial charge in [0.25, 0.3) is 0 Å². The summed E-state index contributed by atoms with van der Waals surface area (Å²) in [6.45, 7) is 0. The van der Waals surface area contributed by atoms with Crippen LogP contribution in [0.25, 0.3) is 6.08 Å². The SMILES string of the molecule is O=C(O)C1=Cc2cc([S+]([O-])Cc3ccccc3)ccc2OC1C(F)(F)F. The highest BCUT2D eigenvalue weighted by Gasteiger charge is 2.48. The van der Waals surface area contributed by atoms with Crippen molar-refractivity contribution in [3.63, 3.8) is 0 Å². The lowest BCUT2D eigenvalue weighted by Gasteiger charge is -2.27. The monoisotopic (exact) mass is 382 g/mol. The number of halogens is 3. The molecule has 4 nitrogen and oxygen atoms in total. The number of benzene rings is 2. The summed E-state index contributed by atoms with van der Waals surface area (Å²) in [5.41, 5.74) is 0.0940. The fourth-order valence-corrected chi connectivity index (χ4v) is 3.69. The molecule has 2 aromatic rings. The second-order valence-corrected chi connectivity index (χ2v) is 7.07. The second-order valence-electron chi connectivity index (χ2n) is 5.62. The zero-order valence-corrected chi connectivity index (χ0v) is 14.0. The molecule has 0 spiro atoms. The van der Waals surface area contributed by atoms with Crippen molar-refractivity contribution in [1.29, 1.82) is 0 Å². The van der Waals surface area contributed by atoms with Crippen molar-refractivity contribution in [1.82, 2.24) is 0 Å². The van der Waals surface area contributed by atoms with Crippen molar-refractivity contribution >= 4 is 23.2 Å². The van der Waals surface area contributed by atoms with Crippen molar-refractivity contribution in [2.45, 2.75) is 22.9 Å². The van der Waals surface area contributed by atoms with Gasteiger partial charge in [0.05, 0.1) is 5.57 Å². The van der Waals surface area contributed by atoms with Gasteiger partial charge < -0.3 is 14.4 Å². The molecule has 1 heterocycles. The minimum Gasteiger partial charge on any atom is -0.611 e. The number of carbonyl (C=O) groups is 1. The summed E-state index contributed by atoms with van der Waals surface area (Å²) in [7, 11) is 0. The van der Waals surface area contributed by atoms with Crippen LogP contribution in [0.5, 0.6) is 5.75 Å². The van der Waals surface area contributed by atoms with Gasteiger partial charge in [0.1, 0.15) is 11.5 Å². The molecule has 0 radical (unpaired) electrons. The molecule has 2 aromatic carbocycles. The first-order chi connectivity index (χ1) is 12.3. The summed E-state index contributed by atoms with van der Waals surface area (Å²) < 4.78 is 56.4. The van der Waals surface area contributed by atoms with Crippen LogP contribution in [-0.2, 0) is 21.7 Å². The largest absolute Gasteiger partial charge is 0.611 e. The molecule has 136 valence electrons. The maximum Gasteiger partial charge on any atom is 0.430 e. The Bertz CT molecular complexity index is 849. The lowest BCUT2D eigenvalue weighted by molar-refractivity contribution is -0.187. The molecule has 1 aliphatic heterocycles. The third-order valence-corrected chi connectivity index (χ3v) is 5.14. The third-order valence-electron chi connectivity index (χ3n) is 3.77. The first kappa shape index (κ1) is 18.3. The molecule has 2 unspecified atom stereocenters. The topological polar surface area (TPSA) is 69.6 Å². The molecule has 0 aliphatic carbocycles. The summed E-state index contributed by atoms with van der Waals surface area (Å²) in [5.74, 6) is -1.58. The molecule has 1 N–H and O–H groups in total. The number of carboxylic acids is 1. The van der Waals surface area contributed by atoms with Gasteiger partial charge in [-0.25, -0.2) is 4.79 Å². The van der Waals surface area contributed by atoms with E-state index in [0.29, 0.717) is 4.90 Å². The van der Waals surface area contributed by atoms with E-state index in [1.165, 1.54) is 18.2 Å². The average molecular weight is 382 g/mol. The molecule has 0 bridgehead atoms. The Morgan fingerprint density at radius 3 is 2.50 bits per heavy atom. The smallest absolute Gasteiger partial charge is 0.430 e. The second kappa shape index (κ2) is 7.05. The number of rotatable bonds is 4. The summed E-state index contributed by atoms with van der Waals surface area (Å²) in [6.07, 6.45) is -6.47. The van der Waals surface area contributed by atoms with Gasteiger partial charge in [-0.1, -0.05) is 30.3 Å². The number of carboxylic acid groups (broad SMARTS) is 1. The predicted molar refractivity (Wildman–Crippen MR) is 89.1 cm³/mol. The minimum atomic E-state index is -4.85. The van der Waals surface area contributed by atoms with E-state index in [1.807, 2.05) is 30.3 Å². The van der Waals surface area contributed by atoms with Crippen molar-refractivity contribution in [2.75, 3.05) is 0 Å². The number of ether oxygens (including phenoxy) is 1. The van der Waals surface area contributed by atoms with E-state index in [1.54, 1.807) is 0 Å². The number of fused-ring (bicyclic) bond motifs is 1. The summed E-state index contributed by atoms with van der Waals surface area (Å²) in [6, 6.07) is 13.2. The average Bonchev–Trinajstić information content (AvgIpc) is 2.60. The van der Waals surface area contributed by atoms with Crippen LogP contribution >= 0.6 is 0 Å². The molecule has 2 atom stereocenters. The van der Waals surface area contributed by atoms with Gasteiger partial charge in [-0.15, -0.1) is 0 Å². The Labute approximate surface area is 150 Å². The zero-order chi connectivity index (χ0) is 18.9. The summed E-state index contributed by atoms with van der Waals surface area (Å²) in [5, 5.41) is 9.06.